The van der Waals surface area contributed by atoms with Crippen LogP contribution in [-0.2, 0) is 16.6 Å². The number of benzene rings is 2. The standard InChI is InChI=1S/C21H21FN4O3S/c22-19-3-1-2-4-20(19)30(28,29)26-13-11-25(12-14-26)21(27)18-7-5-17(6-8-18)15-24-10-9-23-16-24/h1-10,16H,11-15H2. The first-order valence-electron chi connectivity index (χ1n) is 9.54. The van der Waals surface area contributed by atoms with Crippen molar-refractivity contribution in [3.8, 4) is 0 Å². The Balaban J connectivity index is 1.39. The maximum atomic E-state index is 13.9. The minimum atomic E-state index is -3.92. The van der Waals surface area contributed by atoms with Crippen molar-refractivity contribution in [2.75, 3.05) is 26.2 Å². The molecule has 1 aliphatic heterocycles. The third-order valence-electron chi connectivity index (χ3n) is 5.11. The zero-order valence-electron chi connectivity index (χ0n) is 16.2. The number of hydrogen-bond acceptors (Lipinski definition) is 4. The van der Waals surface area contributed by atoms with E-state index in [9.17, 15) is 17.6 Å². The smallest absolute Gasteiger partial charge is 0.253 e. The van der Waals surface area contributed by atoms with Crippen LogP contribution < -0.4 is 0 Å². The Kier molecular flexibility index (Phi) is 5.65. The minimum Gasteiger partial charge on any atom is -0.336 e. The molecule has 0 unspecified atom stereocenters. The third-order valence-corrected chi connectivity index (χ3v) is 7.04. The Morgan fingerprint density at radius 2 is 1.70 bits per heavy atom. The molecule has 4 rings (SSSR count). The van der Waals surface area contributed by atoms with Crippen LogP contribution in [0.15, 0.2) is 72.1 Å². The van der Waals surface area contributed by atoms with Crippen LogP contribution in [0.5, 0.6) is 0 Å². The predicted octanol–water partition coefficient (Wildman–Crippen LogP) is 2.22. The highest BCUT2D eigenvalue weighted by atomic mass is 32.2. The van der Waals surface area contributed by atoms with Crippen LogP contribution in [-0.4, -0.2) is 59.3 Å². The van der Waals surface area contributed by atoms with Crippen LogP contribution >= 0.6 is 0 Å². The summed E-state index contributed by atoms with van der Waals surface area (Å²) < 4.78 is 42.5. The largest absolute Gasteiger partial charge is 0.336 e. The Bertz CT molecular complexity index is 1120. The van der Waals surface area contributed by atoms with Crippen molar-refractivity contribution in [2.24, 2.45) is 0 Å². The number of halogens is 1. The molecule has 0 aliphatic carbocycles. The fraction of sp³-hybridized carbons (Fsp3) is 0.238. The first-order valence-corrected chi connectivity index (χ1v) is 11.0. The van der Waals surface area contributed by atoms with Crippen molar-refractivity contribution < 1.29 is 17.6 Å². The topological polar surface area (TPSA) is 75.5 Å². The van der Waals surface area contributed by atoms with Crippen LogP contribution in [0.2, 0.25) is 0 Å². The van der Waals surface area contributed by atoms with Crippen molar-refractivity contribution in [2.45, 2.75) is 11.4 Å². The molecular weight excluding hydrogens is 407 g/mol. The van der Waals surface area contributed by atoms with Crippen LogP contribution in [0.4, 0.5) is 4.39 Å². The van der Waals surface area contributed by atoms with Crippen molar-refractivity contribution in [1.29, 1.82) is 0 Å². The van der Waals surface area contributed by atoms with Gasteiger partial charge in [-0.15, -0.1) is 0 Å². The third kappa shape index (κ3) is 4.12. The van der Waals surface area contributed by atoms with E-state index in [1.807, 2.05) is 22.9 Å². The highest BCUT2D eigenvalue weighted by Crippen LogP contribution is 2.21. The Morgan fingerprint density at radius 3 is 2.33 bits per heavy atom. The number of nitrogens with zero attached hydrogens (tertiary/aromatic N) is 4. The molecule has 2 aromatic carbocycles. The Hall–Kier alpha value is -3.04. The fourth-order valence-electron chi connectivity index (χ4n) is 3.45. The van der Waals surface area contributed by atoms with Crippen LogP contribution in [0.3, 0.4) is 0 Å². The zero-order valence-corrected chi connectivity index (χ0v) is 17.0. The van der Waals surface area contributed by atoms with E-state index >= 15 is 0 Å². The summed E-state index contributed by atoms with van der Waals surface area (Å²) in [7, 11) is -3.92. The molecule has 0 radical (unpaired) electrons. The Morgan fingerprint density at radius 1 is 1.00 bits per heavy atom. The molecule has 0 atom stereocenters. The molecule has 0 saturated carbocycles. The fourth-order valence-corrected chi connectivity index (χ4v) is 4.94. The van der Waals surface area contributed by atoms with Gasteiger partial charge in [0.1, 0.15) is 10.7 Å². The van der Waals surface area contributed by atoms with E-state index in [1.165, 1.54) is 22.5 Å². The van der Waals surface area contributed by atoms with Gasteiger partial charge in [0.15, 0.2) is 0 Å². The van der Waals surface area contributed by atoms with E-state index in [-0.39, 0.29) is 37.0 Å². The van der Waals surface area contributed by atoms with Gasteiger partial charge in [-0.3, -0.25) is 4.79 Å². The predicted molar refractivity (Wildman–Crippen MR) is 109 cm³/mol. The first-order chi connectivity index (χ1) is 14.4. The van der Waals surface area contributed by atoms with Crippen molar-refractivity contribution in [3.05, 3.63) is 84.2 Å². The highest BCUT2D eigenvalue weighted by Gasteiger charge is 2.32. The number of amides is 1. The van der Waals surface area contributed by atoms with Crippen LogP contribution in [0.25, 0.3) is 0 Å². The molecule has 0 spiro atoms. The van der Waals surface area contributed by atoms with E-state index in [0.717, 1.165) is 11.6 Å². The van der Waals surface area contributed by atoms with E-state index in [1.54, 1.807) is 29.6 Å². The molecule has 1 saturated heterocycles. The molecule has 7 nitrogen and oxygen atoms in total. The van der Waals surface area contributed by atoms with Crippen LogP contribution in [0, 0.1) is 5.82 Å². The molecule has 30 heavy (non-hydrogen) atoms. The summed E-state index contributed by atoms with van der Waals surface area (Å²) in [5, 5.41) is 0. The number of imidazole rings is 1. The van der Waals surface area contributed by atoms with Crippen molar-refractivity contribution in [1.82, 2.24) is 18.8 Å². The second kappa shape index (κ2) is 8.37. The van der Waals surface area contributed by atoms with Gasteiger partial charge in [0.2, 0.25) is 10.0 Å². The molecule has 1 amide bonds. The molecule has 156 valence electrons. The van der Waals surface area contributed by atoms with Gasteiger partial charge in [0, 0.05) is 50.7 Å². The summed E-state index contributed by atoms with van der Waals surface area (Å²) in [6, 6.07) is 12.7. The molecule has 1 aromatic heterocycles. The van der Waals surface area contributed by atoms with E-state index < -0.39 is 15.8 Å². The van der Waals surface area contributed by atoms with Gasteiger partial charge >= 0.3 is 0 Å². The molecular formula is C21H21FN4O3S. The summed E-state index contributed by atoms with van der Waals surface area (Å²) >= 11 is 0. The first kappa shape index (κ1) is 20.2. The lowest BCUT2D eigenvalue weighted by molar-refractivity contribution is 0.0697. The number of carbonyl (C=O) groups excluding carboxylic acids is 1. The highest BCUT2D eigenvalue weighted by molar-refractivity contribution is 7.89. The van der Waals surface area contributed by atoms with Crippen molar-refractivity contribution in [3.63, 3.8) is 0 Å². The number of rotatable bonds is 5. The molecule has 1 fully saturated rings. The second-order valence-corrected chi connectivity index (χ2v) is 8.97. The average Bonchev–Trinajstić information content (AvgIpc) is 3.27. The van der Waals surface area contributed by atoms with E-state index in [4.69, 9.17) is 0 Å². The zero-order chi connectivity index (χ0) is 21.1. The number of hydrogen-bond donors (Lipinski definition) is 0. The minimum absolute atomic E-state index is 0.126. The average molecular weight is 428 g/mol. The molecule has 0 N–H and O–H groups in total. The normalized spacial score (nSPS) is 15.3. The SMILES string of the molecule is O=C(c1ccc(Cn2ccnc2)cc1)N1CCN(S(=O)(=O)c2ccccc2F)CC1. The van der Waals surface area contributed by atoms with Gasteiger partial charge in [-0.1, -0.05) is 24.3 Å². The molecule has 9 heteroatoms. The van der Waals surface area contributed by atoms with Gasteiger partial charge in [-0.25, -0.2) is 17.8 Å². The molecule has 1 aliphatic rings. The lowest BCUT2D eigenvalue weighted by Crippen LogP contribution is -2.50. The monoisotopic (exact) mass is 428 g/mol. The van der Waals surface area contributed by atoms with Gasteiger partial charge in [-0.2, -0.15) is 4.31 Å². The number of carbonyl (C=O) groups is 1. The van der Waals surface area contributed by atoms with Crippen molar-refractivity contribution >= 4 is 15.9 Å². The summed E-state index contributed by atoms with van der Waals surface area (Å²) in [5.41, 5.74) is 1.60. The number of aromatic nitrogens is 2. The number of piperazine rings is 1. The molecule has 3 aromatic rings. The number of sulfonamides is 1. The lowest BCUT2D eigenvalue weighted by Gasteiger charge is -2.34. The van der Waals surface area contributed by atoms with Gasteiger partial charge in [0.25, 0.3) is 5.91 Å². The van der Waals surface area contributed by atoms with E-state index in [0.29, 0.717) is 12.1 Å². The maximum Gasteiger partial charge on any atom is 0.253 e. The van der Waals surface area contributed by atoms with Gasteiger partial charge < -0.3 is 9.47 Å². The molecule has 2 heterocycles. The van der Waals surface area contributed by atoms with Gasteiger partial charge in [0.05, 0.1) is 6.33 Å². The van der Waals surface area contributed by atoms with Crippen LogP contribution in [0.1, 0.15) is 15.9 Å². The lowest BCUT2D eigenvalue weighted by atomic mass is 10.1. The Labute approximate surface area is 174 Å². The molecule has 0 bridgehead atoms. The second-order valence-electron chi connectivity index (χ2n) is 7.06. The summed E-state index contributed by atoms with van der Waals surface area (Å²) in [6.07, 6.45) is 5.31. The summed E-state index contributed by atoms with van der Waals surface area (Å²) in [5.74, 6) is -0.918. The maximum absolute atomic E-state index is 13.9. The quantitative estimate of drug-likeness (QED) is 0.625. The van der Waals surface area contributed by atoms with Gasteiger partial charge in [-0.05, 0) is 29.8 Å². The summed E-state index contributed by atoms with van der Waals surface area (Å²) in [4.78, 5) is 18.1. The van der Waals surface area contributed by atoms with E-state index in [2.05, 4.69) is 4.98 Å². The summed E-state index contributed by atoms with van der Waals surface area (Å²) in [6.45, 7) is 1.43.